The summed E-state index contributed by atoms with van der Waals surface area (Å²) < 4.78 is 5.14. The van der Waals surface area contributed by atoms with Crippen LogP contribution in [-0.4, -0.2) is 41.3 Å². The Morgan fingerprint density at radius 2 is 1.86 bits per heavy atom. The van der Waals surface area contributed by atoms with Crippen LogP contribution in [0, 0.1) is 5.92 Å². The van der Waals surface area contributed by atoms with Crippen molar-refractivity contribution in [1.82, 2.24) is 15.2 Å². The normalized spacial score (nSPS) is 14.4. The number of benzene rings is 1. The molecule has 0 atom stereocenters. The molecule has 1 aliphatic heterocycles. The van der Waals surface area contributed by atoms with Crippen molar-refractivity contribution in [2.45, 2.75) is 12.8 Å². The molecule has 1 N–H and O–H groups in total. The van der Waals surface area contributed by atoms with Gasteiger partial charge in [0.1, 0.15) is 5.75 Å². The van der Waals surface area contributed by atoms with Crippen LogP contribution in [0.1, 0.15) is 12.8 Å². The van der Waals surface area contributed by atoms with E-state index < -0.39 is 0 Å². The zero-order chi connectivity index (χ0) is 20.1. The number of ether oxygens (including phenoxy) is 1. The summed E-state index contributed by atoms with van der Waals surface area (Å²) in [5.74, 6) is 1.67. The molecule has 1 aromatic carbocycles. The first kappa shape index (κ1) is 18.9. The molecule has 7 nitrogen and oxygen atoms in total. The van der Waals surface area contributed by atoms with Gasteiger partial charge in [-0.3, -0.25) is 9.78 Å². The van der Waals surface area contributed by atoms with Crippen LogP contribution >= 0.6 is 0 Å². The molecule has 7 heteroatoms. The van der Waals surface area contributed by atoms with E-state index in [1.165, 1.54) is 0 Å². The third-order valence-electron chi connectivity index (χ3n) is 5.16. The lowest BCUT2D eigenvalue weighted by Gasteiger charge is -2.31. The number of hydrogen-bond donors (Lipinski definition) is 1. The van der Waals surface area contributed by atoms with Crippen molar-refractivity contribution in [3.63, 3.8) is 0 Å². The van der Waals surface area contributed by atoms with Crippen molar-refractivity contribution in [1.29, 1.82) is 0 Å². The fraction of sp³-hybridized carbons (Fsp3) is 0.273. The van der Waals surface area contributed by atoms with Crippen molar-refractivity contribution in [2.75, 3.05) is 30.4 Å². The van der Waals surface area contributed by atoms with E-state index in [-0.39, 0.29) is 11.8 Å². The molecule has 4 rings (SSSR count). The molecule has 0 spiro atoms. The maximum atomic E-state index is 12.6. The minimum Gasteiger partial charge on any atom is -0.497 e. The van der Waals surface area contributed by atoms with Crippen LogP contribution in [0.3, 0.4) is 0 Å². The van der Waals surface area contributed by atoms with Gasteiger partial charge in [-0.1, -0.05) is 0 Å². The van der Waals surface area contributed by atoms with Gasteiger partial charge in [0, 0.05) is 42.7 Å². The largest absolute Gasteiger partial charge is 0.497 e. The lowest BCUT2D eigenvalue weighted by atomic mass is 9.96. The summed E-state index contributed by atoms with van der Waals surface area (Å²) in [6.45, 7) is 1.56. The number of carbonyl (C=O) groups excluding carboxylic acids is 1. The second-order valence-electron chi connectivity index (χ2n) is 7.00. The molecule has 3 heterocycles. The van der Waals surface area contributed by atoms with Crippen LogP contribution in [0.2, 0.25) is 0 Å². The molecule has 0 unspecified atom stereocenters. The number of pyridine rings is 1. The van der Waals surface area contributed by atoms with Gasteiger partial charge in [-0.2, -0.15) is 0 Å². The Hall–Kier alpha value is -3.48. The average Bonchev–Trinajstić information content (AvgIpc) is 2.80. The Balaban J connectivity index is 1.32. The molecular weight excluding hydrogens is 366 g/mol. The van der Waals surface area contributed by atoms with Gasteiger partial charge in [0.2, 0.25) is 5.91 Å². The summed E-state index contributed by atoms with van der Waals surface area (Å²) in [6, 6.07) is 15.2. The molecule has 3 aromatic rings. The van der Waals surface area contributed by atoms with E-state index in [1.54, 1.807) is 19.5 Å². The van der Waals surface area contributed by atoms with Gasteiger partial charge in [0.25, 0.3) is 0 Å². The predicted octanol–water partition coefficient (Wildman–Crippen LogP) is 3.40. The molecule has 1 fully saturated rings. The zero-order valence-corrected chi connectivity index (χ0v) is 16.3. The predicted molar refractivity (Wildman–Crippen MR) is 112 cm³/mol. The van der Waals surface area contributed by atoms with Crippen molar-refractivity contribution >= 4 is 17.4 Å². The van der Waals surface area contributed by atoms with Gasteiger partial charge in [0.05, 0.1) is 12.8 Å². The summed E-state index contributed by atoms with van der Waals surface area (Å²) in [7, 11) is 1.62. The highest BCUT2D eigenvalue weighted by Gasteiger charge is 2.26. The van der Waals surface area contributed by atoms with Crippen LogP contribution < -0.4 is 15.0 Å². The van der Waals surface area contributed by atoms with Crippen molar-refractivity contribution in [3.8, 4) is 17.0 Å². The first-order chi connectivity index (χ1) is 14.2. The van der Waals surface area contributed by atoms with E-state index in [0.29, 0.717) is 0 Å². The Morgan fingerprint density at radius 1 is 1.07 bits per heavy atom. The fourth-order valence-corrected chi connectivity index (χ4v) is 3.45. The van der Waals surface area contributed by atoms with Gasteiger partial charge >= 0.3 is 0 Å². The highest BCUT2D eigenvalue weighted by molar-refractivity contribution is 5.92. The number of rotatable bonds is 5. The van der Waals surface area contributed by atoms with E-state index in [0.717, 1.165) is 54.4 Å². The Kier molecular flexibility index (Phi) is 5.65. The number of nitrogens with zero attached hydrogens (tertiary/aromatic N) is 4. The maximum absolute atomic E-state index is 12.6. The summed E-state index contributed by atoms with van der Waals surface area (Å²) in [4.78, 5) is 18.9. The SMILES string of the molecule is COc1ccc(NC(=O)C2CCN(c3ccc(-c4cccnc4)nn3)CC2)cc1. The highest BCUT2D eigenvalue weighted by Crippen LogP contribution is 2.24. The molecule has 1 saturated heterocycles. The molecule has 1 amide bonds. The van der Waals surface area contributed by atoms with Crippen LogP contribution in [0.25, 0.3) is 11.3 Å². The number of amides is 1. The number of nitrogens with one attached hydrogen (secondary N) is 1. The molecule has 148 valence electrons. The van der Waals surface area contributed by atoms with E-state index in [2.05, 4.69) is 25.4 Å². The molecule has 0 aliphatic carbocycles. The Bertz CT molecular complexity index is 937. The summed E-state index contributed by atoms with van der Waals surface area (Å²) >= 11 is 0. The summed E-state index contributed by atoms with van der Waals surface area (Å²) in [5.41, 5.74) is 2.53. The Labute approximate surface area is 169 Å². The van der Waals surface area contributed by atoms with Crippen LogP contribution in [0.4, 0.5) is 11.5 Å². The number of anilines is 2. The molecule has 0 saturated carbocycles. The van der Waals surface area contributed by atoms with E-state index in [4.69, 9.17) is 4.74 Å². The molecule has 0 radical (unpaired) electrons. The van der Waals surface area contributed by atoms with Crippen LogP contribution in [0.15, 0.2) is 60.9 Å². The quantitative estimate of drug-likeness (QED) is 0.720. The topological polar surface area (TPSA) is 80.2 Å². The van der Waals surface area contributed by atoms with Crippen LogP contribution in [0.5, 0.6) is 5.75 Å². The third-order valence-corrected chi connectivity index (χ3v) is 5.16. The van der Waals surface area contributed by atoms with Crippen LogP contribution in [-0.2, 0) is 4.79 Å². The molecule has 1 aliphatic rings. The first-order valence-corrected chi connectivity index (χ1v) is 9.67. The second kappa shape index (κ2) is 8.68. The number of hydrogen-bond acceptors (Lipinski definition) is 6. The smallest absolute Gasteiger partial charge is 0.227 e. The van der Waals surface area contributed by atoms with Gasteiger partial charge < -0.3 is 15.0 Å². The highest BCUT2D eigenvalue weighted by atomic mass is 16.5. The summed E-state index contributed by atoms with van der Waals surface area (Å²) in [6.07, 6.45) is 5.08. The molecular formula is C22H23N5O2. The zero-order valence-electron chi connectivity index (χ0n) is 16.3. The number of aromatic nitrogens is 3. The minimum absolute atomic E-state index is 0.00372. The lowest BCUT2D eigenvalue weighted by molar-refractivity contribution is -0.120. The van der Waals surface area contributed by atoms with Gasteiger partial charge in [-0.15, -0.1) is 10.2 Å². The third kappa shape index (κ3) is 4.51. The van der Waals surface area contributed by atoms with Gasteiger partial charge in [-0.05, 0) is 61.4 Å². The summed E-state index contributed by atoms with van der Waals surface area (Å²) in [5, 5.41) is 11.7. The van der Waals surface area contributed by atoms with Crippen molar-refractivity contribution in [2.24, 2.45) is 5.92 Å². The standard InChI is InChI=1S/C22H23N5O2/c1-29-19-6-4-18(5-7-19)24-22(28)16-10-13-27(14-11-16)21-9-8-20(25-26-21)17-3-2-12-23-15-17/h2-9,12,15-16H,10-11,13-14H2,1H3,(H,24,28). The van der Waals surface area contributed by atoms with Crippen molar-refractivity contribution < 1.29 is 9.53 Å². The second-order valence-corrected chi connectivity index (χ2v) is 7.00. The van der Waals surface area contributed by atoms with E-state index in [9.17, 15) is 4.79 Å². The van der Waals surface area contributed by atoms with E-state index in [1.807, 2.05) is 48.5 Å². The first-order valence-electron chi connectivity index (χ1n) is 9.67. The fourth-order valence-electron chi connectivity index (χ4n) is 3.45. The average molecular weight is 389 g/mol. The van der Waals surface area contributed by atoms with Crippen molar-refractivity contribution in [3.05, 3.63) is 60.9 Å². The van der Waals surface area contributed by atoms with E-state index >= 15 is 0 Å². The molecule has 0 bridgehead atoms. The maximum Gasteiger partial charge on any atom is 0.227 e. The van der Waals surface area contributed by atoms with Gasteiger partial charge in [-0.25, -0.2) is 0 Å². The lowest BCUT2D eigenvalue weighted by Crippen LogP contribution is -2.38. The number of carbonyl (C=O) groups is 1. The monoisotopic (exact) mass is 389 g/mol. The Morgan fingerprint density at radius 3 is 2.48 bits per heavy atom. The molecule has 29 heavy (non-hydrogen) atoms. The number of methoxy groups -OCH3 is 1. The minimum atomic E-state index is -0.00372. The molecule has 2 aromatic heterocycles. The van der Waals surface area contributed by atoms with Gasteiger partial charge in [0.15, 0.2) is 5.82 Å². The number of piperidine rings is 1.